The fraction of sp³-hybridized carbons (Fsp3) is 0.357. The Hall–Kier alpha value is -1.40. The van der Waals surface area contributed by atoms with E-state index in [1.807, 2.05) is 23.6 Å². The van der Waals surface area contributed by atoms with Crippen LogP contribution in [0, 0.1) is 0 Å². The van der Waals surface area contributed by atoms with Crippen molar-refractivity contribution in [2.24, 2.45) is 0 Å². The van der Waals surface area contributed by atoms with E-state index in [0.717, 1.165) is 11.4 Å². The molecule has 0 atom stereocenters. The van der Waals surface area contributed by atoms with Gasteiger partial charge in [-0.05, 0) is 12.1 Å². The number of anilines is 1. The Kier molecular flexibility index (Phi) is 4.77. The van der Waals surface area contributed by atoms with Crippen molar-refractivity contribution in [1.82, 2.24) is 9.97 Å². The first-order valence-electron chi connectivity index (χ1n) is 6.25. The van der Waals surface area contributed by atoms with Gasteiger partial charge in [0.05, 0.1) is 11.4 Å². The number of aromatic nitrogens is 2. The standard InChI is InChI=1S/C14H17N3OS2/c1-14(2,3)20-9-12(18)17-13-16-11(8-19-13)10-6-4-5-7-15-10/h4-8H,9H2,1-3H3,(H,16,17,18). The molecule has 106 valence electrons. The van der Waals surface area contributed by atoms with Gasteiger partial charge in [0.25, 0.3) is 0 Å². The molecule has 0 fully saturated rings. The van der Waals surface area contributed by atoms with Crippen molar-refractivity contribution in [3.05, 3.63) is 29.8 Å². The Morgan fingerprint density at radius 3 is 2.80 bits per heavy atom. The van der Waals surface area contributed by atoms with Crippen LogP contribution >= 0.6 is 23.1 Å². The first-order chi connectivity index (χ1) is 9.44. The topological polar surface area (TPSA) is 54.9 Å². The quantitative estimate of drug-likeness (QED) is 0.936. The van der Waals surface area contributed by atoms with Gasteiger partial charge in [-0.25, -0.2) is 4.98 Å². The lowest BCUT2D eigenvalue weighted by atomic mass is 10.3. The summed E-state index contributed by atoms with van der Waals surface area (Å²) in [6, 6.07) is 5.68. The molecule has 0 spiro atoms. The Bertz CT molecular complexity index is 576. The van der Waals surface area contributed by atoms with Crippen molar-refractivity contribution in [3.8, 4) is 11.4 Å². The molecule has 0 aliphatic carbocycles. The van der Waals surface area contributed by atoms with Gasteiger partial charge in [0.2, 0.25) is 5.91 Å². The zero-order valence-electron chi connectivity index (χ0n) is 11.7. The highest BCUT2D eigenvalue weighted by molar-refractivity contribution is 8.01. The fourth-order valence-electron chi connectivity index (χ4n) is 1.40. The average Bonchev–Trinajstić information content (AvgIpc) is 2.85. The van der Waals surface area contributed by atoms with E-state index in [-0.39, 0.29) is 10.7 Å². The summed E-state index contributed by atoms with van der Waals surface area (Å²) in [5, 5.41) is 5.34. The van der Waals surface area contributed by atoms with Crippen molar-refractivity contribution >= 4 is 34.1 Å². The third kappa shape index (κ3) is 4.61. The first kappa shape index (κ1) is 15.0. The highest BCUT2D eigenvalue weighted by Gasteiger charge is 2.14. The van der Waals surface area contributed by atoms with E-state index in [4.69, 9.17) is 0 Å². The third-order valence-corrected chi connectivity index (χ3v) is 4.34. The Morgan fingerprint density at radius 1 is 1.35 bits per heavy atom. The predicted molar refractivity (Wildman–Crippen MR) is 86.2 cm³/mol. The maximum atomic E-state index is 11.8. The number of hydrogen-bond acceptors (Lipinski definition) is 5. The van der Waals surface area contributed by atoms with Gasteiger partial charge in [0, 0.05) is 16.3 Å². The number of pyridine rings is 1. The molecule has 6 heteroatoms. The summed E-state index contributed by atoms with van der Waals surface area (Å²) in [5.74, 6) is 0.411. The molecule has 0 radical (unpaired) electrons. The summed E-state index contributed by atoms with van der Waals surface area (Å²) in [6.07, 6.45) is 1.73. The van der Waals surface area contributed by atoms with Gasteiger partial charge in [0.15, 0.2) is 5.13 Å². The van der Waals surface area contributed by atoms with Crippen LogP contribution in [0.15, 0.2) is 29.8 Å². The molecule has 2 aromatic rings. The van der Waals surface area contributed by atoms with Crippen LogP contribution in [0.2, 0.25) is 0 Å². The normalized spacial score (nSPS) is 11.3. The molecular weight excluding hydrogens is 290 g/mol. The smallest absolute Gasteiger partial charge is 0.236 e. The van der Waals surface area contributed by atoms with Crippen LogP contribution in [-0.4, -0.2) is 26.4 Å². The SMILES string of the molecule is CC(C)(C)SCC(=O)Nc1nc(-c2ccccn2)cs1. The van der Waals surface area contributed by atoms with E-state index < -0.39 is 0 Å². The first-order valence-corrected chi connectivity index (χ1v) is 8.11. The molecule has 0 saturated heterocycles. The van der Waals surface area contributed by atoms with Crippen molar-refractivity contribution in [1.29, 1.82) is 0 Å². The summed E-state index contributed by atoms with van der Waals surface area (Å²) in [6.45, 7) is 6.27. The van der Waals surface area contributed by atoms with Gasteiger partial charge in [-0.3, -0.25) is 9.78 Å². The highest BCUT2D eigenvalue weighted by atomic mass is 32.2. The van der Waals surface area contributed by atoms with E-state index in [1.165, 1.54) is 11.3 Å². The van der Waals surface area contributed by atoms with E-state index in [9.17, 15) is 4.79 Å². The van der Waals surface area contributed by atoms with Crippen LogP contribution in [0.25, 0.3) is 11.4 Å². The Balaban J connectivity index is 1.95. The third-order valence-electron chi connectivity index (χ3n) is 2.31. The number of nitrogens with one attached hydrogen (secondary N) is 1. The van der Waals surface area contributed by atoms with Crippen LogP contribution in [0.3, 0.4) is 0 Å². The molecule has 2 aromatic heterocycles. The van der Waals surface area contributed by atoms with E-state index >= 15 is 0 Å². The van der Waals surface area contributed by atoms with Crippen LogP contribution in [-0.2, 0) is 4.79 Å². The van der Waals surface area contributed by atoms with E-state index in [2.05, 4.69) is 36.1 Å². The zero-order chi connectivity index (χ0) is 14.6. The molecule has 0 aliphatic rings. The molecule has 0 aromatic carbocycles. The van der Waals surface area contributed by atoms with Crippen LogP contribution in [0.1, 0.15) is 20.8 Å². The zero-order valence-corrected chi connectivity index (χ0v) is 13.3. The minimum absolute atomic E-state index is 0.0214. The van der Waals surface area contributed by atoms with Crippen molar-refractivity contribution in [3.63, 3.8) is 0 Å². The summed E-state index contributed by atoms with van der Waals surface area (Å²) < 4.78 is 0.0827. The number of amides is 1. The van der Waals surface area contributed by atoms with Gasteiger partial charge >= 0.3 is 0 Å². The second-order valence-electron chi connectivity index (χ2n) is 5.20. The fourth-order valence-corrected chi connectivity index (χ4v) is 2.76. The largest absolute Gasteiger partial charge is 0.301 e. The van der Waals surface area contributed by atoms with E-state index in [1.54, 1.807) is 18.0 Å². The predicted octanol–water partition coefficient (Wildman–Crippen LogP) is 3.68. The minimum atomic E-state index is -0.0214. The van der Waals surface area contributed by atoms with Gasteiger partial charge in [-0.15, -0.1) is 23.1 Å². The number of nitrogens with zero attached hydrogens (tertiary/aromatic N) is 2. The summed E-state index contributed by atoms with van der Waals surface area (Å²) in [5.41, 5.74) is 1.60. The van der Waals surface area contributed by atoms with E-state index in [0.29, 0.717) is 10.9 Å². The number of rotatable bonds is 4. The lowest BCUT2D eigenvalue weighted by Gasteiger charge is -2.16. The summed E-state index contributed by atoms with van der Waals surface area (Å²) >= 11 is 3.03. The molecule has 0 bridgehead atoms. The summed E-state index contributed by atoms with van der Waals surface area (Å²) in [7, 11) is 0. The summed E-state index contributed by atoms with van der Waals surface area (Å²) in [4.78, 5) is 20.4. The highest BCUT2D eigenvalue weighted by Crippen LogP contribution is 2.25. The van der Waals surface area contributed by atoms with Gasteiger partial charge in [0.1, 0.15) is 5.69 Å². The second kappa shape index (κ2) is 6.37. The monoisotopic (exact) mass is 307 g/mol. The maximum absolute atomic E-state index is 11.8. The number of carbonyl (C=O) groups excluding carboxylic acids is 1. The minimum Gasteiger partial charge on any atom is -0.301 e. The van der Waals surface area contributed by atoms with Crippen molar-refractivity contribution in [2.45, 2.75) is 25.5 Å². The molecule has 2 rings (SSSR count). The van der Waals surface area contributed by atoms with Crippen molar-refractivity contribution in [2.75, 3.05) is 11.1 Å². The molecule has 4 nitrogen and oxygen atoms in total. The molecule has 0 saturated carbocycles. The number of thiazole rings is 1. The van der Waals surface area contributed by atoms with Crippen molar-refractivity contribution < 1.29 is 4.79 Å². The number of hydrogen-bond donors (Lipinski definition) is 1. The lowest BCUT2D eigenvalue weighted by Crippen LogP contribution is -2.18. The number of thioether (sulfide) groups is 1. The Labute approximate surface area is 127 Å². The van der Waals surface area contributed by atoms with Gasteiger partial charge in [-0.2, -0.15) is 0 Å². The van der Waals surface area contributed by atoms with Crippen LogP contribution in [0.5, 0.6) is 0 Å². The molecule has 20 heavy (non-hydrogen) atoms. The Morgan fingerprint density at radius 2 is 2.15 bits per heavy atom. The van der Waals surface area contributed by atoms with Crippen LogP contribution < -0.4 is 5.32 Å². The second-order valence-corrected chi connectivity index (χ2v) is 7.86. The number of carbonyl (C=O) groups is 1. The molecule has 1 N–H and O–H groups in total. The van der Waals surface area contributed by atoms with Gasteiger partial charge in [-0.1, -0.05) is 26.8 Å². The molecule has 0 aliphatic heterocycles. The molecule has 2 heterocycles. The average molecular weight is 307 g/mol. The van der Waals surface area contributed by atoms with Crippen LogP contribution in [0.4, 0.5) is 5.13 Å². The lowest BCUT2D eigenvalue weighted by molar-refractivity contribution is -0.113. The maximum Gasteiger partial charge on any atom is 0.236 e. The van der Waals surface area contributed by atoms with Gasteiger partial charge < -0.3 is 5.32 Å². The molecular formula is C14H17N3OS2. The molecule has 1 amide bonds. The molecule has 0 unspecified atom stereocenters.